The molecule has 0 aliphatic heterocycles. The van der Waals surface area contributed by atoms with E-state index >= 15 is 0 Å². The molecule has 5 heteroatoms. The molecule has 1 aliphatic carbocycles. The normalized spacial score (nSPS) is 17.2. The van der Waals surface area contributed by atoms with Gasteiger partial charge in [-0.3, -0.25) is 0 Å². The topological polar surface area (TPSA) is 26.0 Å². The summed E-state index contributed by atoms with van der Waals surface area (Å²) >= 11 is 1.98. The first-order valence-corrected chi connectivity index (χ1v) is 6.13. The SMILES string of the molecule is Nc1cc(C(F)(F)F)c(C2CCC2)cc1I. The average molecular weight is 341 g/mol. The Bertz CT molecular complexity index is 410. The van der Waals surface area contributed by atoms with Gasteiger partial charge in [-0.05, 0) is 59.0 Å². The van der Waals surface area contributed by atoms with Gasteiger partial charge in [0.15, 0.2) is 0 Å². The molecule has 0 radical (unpaired) electrons. The largest absolute Gasteiger partial charge is 0.416 e. The first-order valence-electron chi connectivity index (χ1n) is 5.05. The molecule has 0 unspecified atom stereocenters. The highest BCUT2D eigenvalue weighted by Gasteiger charge is 2.37. The fourth-order valence-corrected chi connectivity index (χ4v) is 2.40. The first kappa shape index (κ1) is 12.0. The summed E-state index contributed by atoms with van der Waals surface area (Å²) in [7, 11) is 0. The predicted molar refractivity (Wildman–Crippen MR) is 65.2 cm³/mol. The quantitative estimate of drug-likeness (QED) is 0.603. The molecule has 0 heterocycles. The summed E-state index contributed by atoms with van der Waals surface area (Å²) in [6.45, 7) is 0. The van der Waals surface area contributed by atoms with Crippen molar-refractivity contribution in [1.29, 1.82) is 0 Å². The second-order valence-corrected chi connectivity index (χ2v) is 5.25. The minimum Gasteiger partial charge on any atom is -0.398 e. The van der Waals surface area contributed by atoms with Crippen molar-refractivity contribution in [2.75, 3.05) is 5.73 Å². The summed E-state index contributed by atoms with van der Waals surface area (Å²) in [6, 6.07) is 2.65. The fourth-order valence-electron chi connectivity index (χ4n) is 1.91. The van der Waals surface area contributed by atoms with Crippen molar-refractivity contribution >= 4 is 28.3 Å². The van der Waals surface area contributed by atoms with Crippen LogP contribution in [0.5, 0.6) is 0 Å². The minimum absolute atomic E-state index is 0.0609. The summed E-state index contributed by atoms with van der Waals surface area (Å²) in [5.74, 6) is 0.0609. The molecule has 1 aliphatic rings. The van der Waals surface area contributed by atoms with E-state index in [1.807, 2.05) is 22.6 Å². The second-order valence-electron chi connectivity index (χ2n) is 4.09. The molecule has 0 spiro atoms. The van der Waals surface area contributed by atoms with Gasteiger partial charge in [0.05, 0.1) is 5.56 Å². The third kappa shape index (κ3) is 2.14. The van der Waals surface area contributed by atoms with Gasteiger partial charge in [-0.25, -0.2) is 0 Å². The number of hydrogen-bond acceptors (Lipinski definition) is 1. The van der Waals surface area contributed by atoms with E-state index in [2.05, 4.69) is 0 Å². The molecule has 88 valence electrons. The molecule has 16 heavy (non-hydrogen) atoms. The van der Waals surface area contributed by atoms with Gasteiger partial charge in [-0.15, -0.1) is 0 Å². The second kappa shape index (κ2) is 4.09. The Morgan fingerprint density at radius 3 is 2.31 bits per heavy atom. The van der Waals surface area contributed by atoms with E-state index in [-0.39, 0.29) is 11.6 Å². The molecule has 0 aromatic heterocycles. The summed E-state index contributed by atoms with van der Waals surface area (Å²) < 4.78 is 39.2. The zero-order valence-corrected chi connectivity index (χ0v) is 10.6. The smallest absolute Gasteiger partial charge is 0.398 e. The Balaban J connectivity index is 2.51. The van der Waals surface area contributed by atoms with Gasteiger partial charge in [0.25, 0.3) is 0 Å². The van der Waals surface area contributed by atoms with E-state index < -0.39 is 11.7 Å². The maximum Gasteiger partial charge on any atom is 0.416 e. The highest BCUT2D eigenvalue weighted by Crippen LogP contribution is 2.44. The molecule has 1 saturated carbocycles. The fraction of sp³-hybridized carbons (Fsp3) is 0.455. The third-order valence-electron chi connectivity index (χ3n) is 3.02. The Kier molecular flexibility index (Phi) is 3.07. The van der Waals surface area contributed by atoms with Crippen molar-refractivity contribution < 1.29 is 13.2 Å². The predicted octanol–water partition coefficient (Wildman–Crippen LogP) is 4.16. The molecule has 0 amide bonds. The van der Waals surface area contributed by atoms with Crippen LogP contribution in [0.1, 0.15) is 36.3 Å². The number of halogens is 4. The number of anilines is 1. The molecule has 1 nitrogen and oxygen atoms in total. The third-order valence-corrected chi connectivity index (χ3v) is 3.95. The highest BCUT2D eigenvalue weighted by molar-refractivity contribution is 14.1. The van der Waals surface area contributed by atoms with Gasteiger partial charge in [0.2, 0.25) is 0 Å². The zero-order chi connectivity index (χ0) is 11.9. The van der Waals surface area contributed by atoms with Gasteiger partial charge in [0.1, 0.15) is 0 Å². The summed E-state index contributed by atoms with van der Waals surface area (Å²) in [6.07, 6.45) is -1.58. The zero-order valence-electron chi connectivity index (χ0n) is 8.44. The number of rotatable bonds is 1. The Labute approximate surface area is 105 Å². The Morgan fingerprint density at radius 1 is 1.25 bits per heavy atom. The molecule has 1 aromatic carbocycles. The first-order chi connectivity index (χ1) is 7.39. The van der Waals surface area contributed by atoms with Gasteiger partial charge in [-0.2, -0.15) is 13.2 Å². The van der Waals surface area contributed by atoms with Crippen molar-refractivity contribution in [1.82, 2.24) is 0 Å². The molecule has 2 rings (SSSR count). The summed E-state index contributed by atoms with van der Waals surface area (Å²) in [5.41, 5.74) is 5.60. The van der Waals surface area contributed by atoms with E-state index in [9.17, 15) is 13.2 Å². The van der Waals surface area contributed by atoms with Crippen LogP contribution in [-0.4, -0.2) is 0 Å². The van der Waals surface area contributed by atoms with Crippen LogP contribution in [0, 0.1) is 3.57 Å². The van der Waals surface area contributed by atoms with Crippen molar-refractivity contribution in [2.45, 2.75) is 31.4 Å². The van der Waals surface area contributed by atoms with E-state index in [1.54, 1.807) is 6.07 Å². The van der Waals surface area contributed by atoms with Crippen LogP contribution < -0.4 is 5.73 Å². The Hall–Kier alpha value is -0.460. The van der Waals surface area contributed by atoms with E-state index in [1.165, 1.54) is 0 Å². The monoisotopic (exact) mass is 341 g/mol. The highest BCUT2D eigenvalue weighted by atomic mass is 127. The minimum atomic E-state index is -4.30. The average Bonchev–Trinajstić information content (AvgIpc) is 2.05. The maximum absolute atomic E-state index is 12.8. The lowest BCUT2D eigenvalue weighted by atomic mass is 9.78. The number of alkyl halides is 3. The van der Waals surface area contributed by atoms with Crippen molar-refractivity contribution in [3.05, 3.63) is 26.8 Å². The number of nitrogens with two attached hydrogens (primary N) is 1. The van der Waals surface area contributed by atoms with Crippen LogP contribution in [0.3, 0.4) is 0 Å². The summed E-state index contributed by atoms with van der Waals surface area (Å²) in [5, 5.41) is 0. The molecule has 0 atom stereocenters. The molecule has 1 fully saturated rings. The van der Waals surface area contributed by atoms with Crippen LogP contribution >= 0.6 is 22.6 Å². The van der Waals surface area contributed by atoms with Gasteiger partial charge in [0, 0.05) is 9.26 Å². The molecule has 2 N–H and O–H groups in total. The van der Waals surface area contributed by atoms with Crippen LogP contribution in [0.2, 0.25) is 0 Å². The van der Waals surface area contributed by atoms with Gasteiger partial charge in [-0.1, -0.05) is 6.42 Å². The van der Waals surface area contributed by atoms with Crippen molar-refractivity contribution in [3.8, 4) is 0 Å². The van der Waals surface area contributed by atoms with Crippen LogP contribution in [0.15, 0.2) is 12.1 Å². The lowest BCUT2D eigenvalue weighted by molar-refractivity contribution is -0.138. The molecule has 0 bridgehead atoms. The Morgan fingerprint density at radius 2 is 1.88 bits per heavy atom. The van der Waals surface area contributed by atoms with Crippen LogP contribution in [0.4, 0.5) is 18.9 Å². The van der Waals surface area contributed by atoms with E-state index in [0.29, 0.717) is 9.13 Å². The van der Waals surface area contributed by atoms with Crippen molar-refractivity contribution in [2.24, 2.45) is 0 Å². The van der Waals surface area contributed by atoms with Crippen LogP contribution in [0.25, 0.3) is 0 Å². The molecule has 1 aromatic rings. The number of nitrogen functional groups attached to an aromatic ring is 1. The van der Waals surface area contributed by atoms with Crippen molar-refractivity contribution in [3.63, 3.8) is 0 Å². The van der Waals surface area contributed by atoms with E-state index in [0.717, 1.165) is 25.3 Å². The lowest BCUT2D eigenvalue weighted by Gasteiger charge is -2.29. The molecular weight excluding hydrogens is 330 g/mol. The van der Waals surface area contributed by atoms with Gasteiger partial charge >= 0.3 is 6.18 Å². The standard InChI is InChI=1S/C11H11F3IN/c12-11(13,14)8-5-10(16)9(15)4-7(8)6-2-1-3-6/h4-6H,1-3,16H2. The van der Waals surface area contributed by atoms with Gasteiger partial charge < -0.3 is 5.73 Å². The summed E-state index contributed by atoms with van der Waals surface area (Å²) in [4.78, 5) is 0. The number of hydrogen-bond donors (Lipinski definition) is 1. The van der Waals surface area contributed by atoms with Crippen LogP contribution in [-0.2, 0) is 6.18 Å². The van der Waals surface area contributed by atoms with E-state index in [4.69, 9.17) is 5.73 Å². The lowest BCUT2D eigenvalue weighted by Crippen LogP contribution is -2.17. The number of benzene rings is 1. The molecular formula is C11H11F3IN. The maximum atomic E-state index is 12.8. The molecule has 0 saturated heterocycles.